The van der Waals surface area contributed by atoms with E-state index in [-0.39, 0.29) is 5.82 Å². The van der Waals surface area contributed by atoms with E-state index in [1.54, 1.807) is 19.2 Å². The summed E-state index contributed by atoms with van der Waals surface area (Å²) < 4.78 is 18.6. The molecule has 2 N–H and O–H groups in total. The van der Waals surface area contributed by atoms with E-state index in [1.165, 1.54) is 12.1 Å². The standard InChI is InChI=1S/C24H33FN4O/c1-5-6-21-22(19-7-9-20(25)10-8-19)15-27-24(23(21)26)28-12-13-29(18(3)16-28)17(2)11-14-30-4/h7-10,15,18H,2,5-6,11-14,16,26H2,1,3-4H3. The number of piperazine rings is 1. The number of hydrogen-bond donors (Lipinski definition) is 1. The van der Waals surface area contributed by atoms with Crippen LogP contribution in [0.25, 0.3) is 11.1 Å². The molecule has 30 heavy (non-hydrogen) atoms. The van der Waals surface area contributed by atoms with Gasteiger partial charge in [-0.3, -0.25) is 0 Å². The molecule has 0 radical (unpaired) electrons. The minimum Gasteiger partial charge on any atom is -0.395 e. The van der Waals surface area contributed by atoms with Crippen molar-refractivity contribution in [3.8, 4) is 11.1 Å². The summed E-state index contributed by atoms with van der Waals surface area (Å²) in [5.41, 5.74) is 11.5. The summed E-state index contributed by atoms with van der Waals surface area (Å²) >= 11 is 0. The Hall–Kier alpha value is -2.60. The number of benzene rings is 1. The number of rotatable bonds is 8. The third-order valence-corrected chi connectivity index (χ3v) is 5.79. The van der Waals surface area contributed by atoms with Crippen molar-refractivity contribution in [1.82, 2.24) is 9.88 Å². The number of halogens is 1. The molecule has 2 aromatic rings. The Labute approximate surface area is 179 Å². The van der Waals surface area contributed by atoms with Crippen molar-refractivity contribution in [3.05, 3.63) is 54.1 Å². The topological polar surface area (TPSA) is 54.6 Å². The molecule has 0 amide bonds. The molecule has 2 heterocycles. The van der Waals surface area contributed by atoms with E-state index in [2.05, 4.69) is 30.2 Å². The number of pyridine rings is 1. The van der Waals surface area contributed by atoms with Crippen molar-refractivity contribution in [2.75, 3.05) is 44.0 Å². The maximum Gasteiger partial charge on any atom is 0.152 e. The van der Waals surface area contributed by atoms with Crippen LogP contribution in [0.1, 0.15) is 32.3 Å². The van der Waals surface area contributed by atoms with Crippen LogP contribution in [0, 0.1) is 5.82 Å². The van der Waals surface area contributed by atoms with Crippen LogP contribution in [-0.4, -0.2) is 49.3 Å². The smallest absolute Gasteiger partial charge is 0.152 e. The van der Waals surface area contributed by atoms with E-state index in [0.29, 0.717) is 12.6 Å². The molecule has 6 heteroatoms. The maximum absolute atomic E-state index is 13.4. The lowest BCUT2D eigenvalue weighted by molar-refractivity contribution is 0.177. The summed E-state index contributed by atoms with van der Waals surface area (Å²) in [4.78, 5) is 9.37. The zero-order valence-corrected chi connectivity index (χ0v) is 18.3. The molecule has 1 aliphatic rings. The predicted octanol–water partition coefficient (Wildman–Crippen LogP) is 4.48. The Morgan fingerprint density at radius 2 is 2.03 bits per heavy atom. The second-order valence-corrected chi connectivity index (χ2v) is 7.94. The fourth-order valence-electron chi connectivity index (χ4n) is 4.19. The highest BCUT2D eigenvalue weighted by Crippen LogP contribution is 2.35. The molecule has 5 nitrogen and oxygen atoms in total. The number of nitrogen functional groups attached to an aromatic ring is 1. The molecule has 1 atom stereocenters. The quantitative estimate of drug-likeness (QED) is 0.693. The van der Waals surface area contributed by atoms with E-state index < -0.39 is 0 Å². The van der Waals surface area contributed by atoms with Crippen molar-refractivity contribution >= 4 is 11.5 Å². The molecular weight excluding hydrogens is 379 g/mol. The van der Waals surface area contributed by atoms with Crippen molar-refractivity contribution in [2.24, 2.45) is 0 Å². The number of nitrogens with two attached hydrogens (primary N) is 1. The van der Waals surface area contributed by atoms with Gasteiger partial charge in [0, 0.05) is 56.7 Å². The summed E-state index contributed by atoms with van der Waals surface area (Å²) in [5, 5.41) is 0. The summed E-state index contributed by atoms with van der Waals surface area (Å²) in [7, 11) is 1.71. The van der Waals surface area contributed by atoms with Crippen LogP contribution in [0.15, 0.2) is 42.7 Å². The third-order valence-electron chi connectivity index (χ3n) is 5.79. The zero-order chi connectivity index (χ0) is 21.7. The minimum atomic E-state index is -0.243. The average Bonchev–Trinajstić information content (AvgIpc) is 2.74. The van der Waals surface area contributed by atoms with Crippen molar-refractivity contribution < 1.29 is 9.13 Å². The first-order valence-electron chi connectivity index (χ1n) is 10.7. The number of aromatic nitrogens is 1. The molecule has 1 unspecified atom stereocenters. The van der Waals surface area contributed by atoms with Crippen molar-refractivity contribution in [1.29, 1.82) is 0 Å². The molecule has 0 saturated carbocycles. The van der Waals surface area contributed by atoms with Crippen LogP contribution < -0.4 is 10.6 Å². The van der Waals surface area contributed by atoms with Crippen LogP contribution in [0.3, 0.4) is 0 Å². The number of anilines is 2. The van der Waals surface area contributed by atoms with Gasteiger partial charge in [-0.05, 0) is 36.6 Å². The van der Waals surface area contributed by atoms with Crippen LogP contribution in [0.4, 0.5) is 15.9 Å². The van der Waals surface area contributed by atoms with Crippen molar-refractivity contribution in [3.63, 3.8) is 0 Å². The Balaban J connectivity index is 1.84. The number of hydrogen-bond acceptors (Lipinski definition) is 5. The van der Waals surface area contributed by atoms with E-state index in [9.17, 15) is 4.39 Å². The molecule has 1 aromatic heterocycles. The van der Waals surface area contributed by atoms with E-state index in [1.807, 2.05) is 6.20 Å². The minimum absolute atomic E-state index is 0.243. The fraction of sp³-hybridized carbons (Fsp3) is 0.458. The van der Waals surface area contributed by atoms with E-state index >= 15 is 0 Å². The predicted molar refractivity (Wildman–Crippen MR) is 122 cm³/mol. The van der Waals surface area contributed by atoms with Crippen LogP contribution in [0.5, 0.6) is 0 Å². The number of ether oxygens (including phenoxy) is 1. The lowest BCUT2D eigenvalue weighted by Crippen LogP contribution is -2.51. The Morgan fingerprint density at radius 1 is 1.30 bits per heavy atom. The summed E-state index contributed by atoms with van der Waals surface area (Å²) in [5.74, 6) is 0.602. The van der Waals surface area contributed by atoms with Gasteiger partial charge in [0.05, 0.1) is 12.3 Å². The van der Waals surface area contributed by atoms with E-state index in [4.69, 9.17) is 15.5 Å². The highest BCUT2D eigenvalue weighted by molar-refractivity contribution is 5.79. The SMILES string of the molecule is C=C(CCOC)N1CCN(c2ncc(-c3ccc(F)cc3)c(CCC)c2N)CC1C. The second-order valence-electron chi connectivity index (χ2n) is 7.94. The molecule has 0 aliphatic carbocycles. The zero-order valence-electron chi connectivity index (χ0n) is 18.3. The lowest BCUT2D eigenvalue weighted by Gasteiger charge is -2.43. The molecular formula is C24H33FN4O. The summed E-state index contributed by atoms with van der Waals surface area (Å²) in [6.45, 7) is 11.8. The second kappa shape index (κ2) is 9.94. The molecule has 3 rings (SSSR count). The molecule has 162 valence electrons. The van der Waals surface area contributed by atoms with Crippen LogP contribution in [-0.2, 0) is 11.2 Å². The highest BCUT2D eigenvalue weighted by Gasteiger charge is 2.27. The summed E-state index contributed by atoms with van der Waals surface area (Å²) in [6.07, 6.45) is 4.56. The number of nitrogens with zero attached hydrogens (tertiary/aromatic N) is 3. The Kier molecular flexibility index (Phi) is 7.32. The van der Waals surface area contributed by atoms with Gasteiger partial charge >= 0.3 is 0 Å². The normalized spacial score (nSPS) is 16.7. The third kappa shape index (κ3) is 4.75. The molecule has 0 spiro atoms. The first kappa shape index (κ1) is 22.1. The van der Waals surface area contributed by atoms with Gasteiger partial charge in [-0.25, -0.2) is 9.37 Å². The first-order valence-corrected chi connectivity index (χ1v) is 10.7. The van der Waals surface area contributed by atoms with Gasteiger partial charge < -0.3 is 20.3 Å². The number of methoxy groups -OCH3 is 1. The molecule has 1 fully saturated rings. The molecule has 1 aliphatic heterocycles. The molecule has 0 bridgehead atoms. The molecule has 1 aromatic carbocycles. The van der Waals surface area contributed by atoms with Crippen LogP contribution in [0.2, 0.25) is 0 Å². The Bertz CT molecular complexity index is 868. The maximum atomic E-state index is 13.4. The summed E-state index contributed by atoms with van der Waals surface area (Å²) in [6, 6.07) is 6.85. The largest absolute Gasteiger partial charge is 0.395 e. The fourth-order valence-corrected chi connectivity index (χ4v) is 4.19. The molecule has 1 saturated heterocycles. The monoisotopic (exact) mass is 412 g/mol. The Morgan fingerprint density at radius 3 is 2.67 bits per heavy atom. The van der Waals surface area contributed by atoms with Gasteiger partial charge in [-0.2, -0.15) is 0 Å². The lowest BCUT2D eigenvalue weighted by atomic mass is 9.97. The van der Waals surface area contributed by atoms with Gasteiger partial charge in [-0.1, -0.05) is 32.1 Å². The van der Waals surface area contributed by atoms with Gasteiger partial charge in [-0.15, -0.1) is 0 Å². The first-order chi connectivity index (χ1) is 14.5. The average molecular weight is 413 g/mol. The van der Waals surface area contributed by atoms with Crippen LogP contribution >= 0.6 is 0 Å². The van der Waals surface area contributed by atoms with E-state index in [0.717, 1.165) is 72.8 Å². The highest BCUT2D eigenvalue weighted by atomic mass is 19.1. The van der Waals surface area contributed by atoms with Gasteiger partial charge in [0.1, 0.15) is 5.82 Å². The van der Waals surface area contributed by atoms with Gasteiger partial charge in [0.25, 0.3) is 0 Å². The van der Waals surface area contributed by atoms with Gasteiger partial charge in [0.2, 0.25) is 0 Å². The van der Waals surface area contributed by atoms with Gasteiger partial charge in [0.15, 0.2) is 5.82 Å². The van der Waals surface area contributed by atoms with Crippen molar-refractivity contribution in [2.45, 2.75) is 39.2 Å².